The monoisotopic (exact) mass is 587 g/mol. The molecule has 11 nitrogen and oxygen atoms in total. The van der Waals surface area contributed by atoms with E-state index in [-0.39, 0.29) is 35.5 Å². The number of hydrogen-bond donors (Lipinski definition) is 3. The van der Waals surface area contributed by atoms with Crippen LogP contribution in [0.25, 0.3) is 22.4 Å². The Bertz CT molecular complexity index is 1930. The molecule has 1 aliphatic rings. The first-order chi connectivity index (χ1) is 20.4. The van der Waals surface area contributed by atoms with E-state index in [1.807, 2.05) is 0 Å². The Hall–Kier alpha value is -5.20. The molecule has 13 heteroatoms. The van der Waals surface area contributed by atoms with Gasteiger partial charge in [0.15, 0.2) is 11.2 Å². The molecule has 4 heterocycles. The first-order valence-electron chi connectivity index (χ1n) is 13.5. The maximum atomic E-state index is 14.3. The smallest absolute Gasteiger partial charge is 0.309 e. The largest absolute Gasteiger partial charge is 0.481 e. The lowest BCUT2D eigenvalue weighted by Crippen LogP contribution is -2.33. The number of benzene rings is 2. The molecule has 3 aromatic heterocycles. The average Bonchev–Trinajstić information content (AvgIpc) is 3.63. The molecule has 0 saturated carbocycles. The number of nitrogens with one attached hydrogen (secondary N) is 1. The lowest BCUT2D eigenvalue weighted by atomic mass is 9.84. The number of nitrogens with two attached hydrogens (primary N) is 1. The molecule has 1 unspecified atom stereocenters. The Morgan fingerprint density at radius 3 is 2.65 bits per heavy atom. The third-order valence-electron chi connectivity index (χ3n) is 7.83. The zero-order chi connectivity index (χ0) is 30.7. The molecule has 2 aromatic carbocycles. The number of rotatable bonds is 8. The predicted octanol–water partition coefficient (Wildman–Crippen LogP) is 4.69. The quantitative estimate of drug-likeness (QED) is 0.234. The summed E-state index contributed by atoms with van der Waals surface area (Å²) in [6.07, 6.45) is 2.03. The van der Waals surface area contributed by atoms with Crippen LogP contribution in [-0.2, 0) is 28.0 Å². The first-order valence-corrected chi connectivity index (χ1v) is 13.5. The summed E-state index contributed by atoms with van der Waals surface area (Å²) in [7, 11) is 0. The molecule has 0 fully saturated rings. The van der Waals surface area contributed by atoms with Crippen LogP contribution in [0.3, 0.4) is 0 Å². The molecule has 0 saturated heterocycles. The molecule has 1 atom stereocenters. The minimum Gasteiger partial charge on any atom is -0.481 e. The summed E-state index contributed by atoms with van der Waals surface area (Å²) in [5, 5.41) is 17.3. The number of oxazole rings is 1. The van der Waals surface area contributed by atoms with E-state index in [1.165, 1.54) is 35.2 Å². The highest BCUT2D eigenvalue weighted by Gasteiger charge is 2.51. The first kappa shape index (κ1) is 27.9. The van der Waals surface area contributed by atoms with Crippen molar-refractivity contribution in [2.75, 3.05) is 11.1 Å². The van der Waals surface area contributed by atoms with Gasteiger partial charge in [-0.15, -0.1) is 0 Å². The number of amides is 1. The number of anilines is 2. The molecule has 0 radical (unpaired) electrons. The summed E-state index contributed by atoms with van der Waals surface area (Å²) in [6, 6.07) is 10.2. The number of aromatic nitrogens is 5. The Kier molecular flexibility index (Phi) is 6.48. The highest BCUT2D eigenvalue weighted by molar-refractivity contribution is 6.08. The lowest BCUT2D eigenvalue weighted by Gasteiger charge is -2.19. The molecule has 0 aliphatic carbocycles. The molecule has 1 aliphatic heterocycles. The average molecular weight is 588 g/mol. The highest BCUT2D eigenvalue weighted by Crippen LogP contribution is 2.45. The number of nitrogen functional groups attached to an aromatic ring is 1. The zero-order valence-corrected chi connectivity index (χ0v) is 23.5. The van der Waals surface area contributed by atoms with Crippen molar-refractivity contribution in [2.45, 2.75) is 45.6 Å². The van der Waals surface area contributed by atoms with Crippen LogP contribution in [0.15, 0.2) is 53.1 Å². The Morgan fingerprint density at radius 2 is 1.91 bits per heavy atom. The lowest BCUT2D eigenvalue weighted by molar-refractivity contribution is -0.147. The zero-order valence-electron chi connectivity index (χ0n) is 23.5. The van der Waals surface area contributed by atoms with E-state index in [1.54, 1.807) is 39.0 Å². The summed E-state index contributed by atoms with van der Waals surface area (Å²) in [5.41, 5.74) is 6.14. The van der Waals surface area contributed by atoms with E-state index >= 15 is 0 Å². The topological polar surface area (TPSA) is 162 Å². The molecule has 1 amide bonds. The van der Waals surface area contributed by atoms with Gasteiger partial charge in [0.2, 0.25) is 11.8 Å². The van der Waals surface area contributed by atoms with Crippen molar-refractivity contribution in [3.8, 4) is 11.5 Å². The summed E-state index contributed by atoms with van der Waals surface area (Å²) in [6.45, 7) is 5.00. The van der Waals surface area contributed by atoms with E-state index in [4.69, 9.17) is 10.2 Å². The van der Waals surface area contributed by atoms with Gasteiger partial charge in [-0.05, 0) is 69.5 Å². The third-order valence-corrected chi connectivity index (χ3v) is 7.83. The molecule has 43 heavy (non-hydrogen) atoms. The molecule has 220 valence electrons. The van der Waals surface area contributed by atoms with Gasteiger partial charge in [0, 0.05) is 5.39 Å². The second kappa shape index (κ2) is 9.96. The van der Waals surface area contributed by atoms with Gasteiger partial charge in [0.05, 0.1) is 28.7 Å². The summed E-state index contributed by atoms with van der Waals surface area (Å²) in [5.74, 6) is -1.99. The van der Waals surface area contributed by atoms with Crippen molar-refractivity contribution in [2.24, 2.45) is 5.41 Å². The Labute approximate surface area is 243 Å². The number of fused-ring (bicyclic) bond motifs is 2. The number of nitrogens with zero attached hydrogens (tertiary/aromatic N) is 5. The summed E-state index contributed by atoms with van der Waals surface area (Å²) < 4.78 is 35.3. The highest BCUT2D eigenvalue weighted by atomic mass is 19.1. The summed E-state index contributed by atoms with van der Waals surface area (Å²) in [4.78, 5) is 38.4. The molecule has 0 spiro atoms. The van der Waals surface area contributed by atoms with Gasteiger partial charge < -0.3 is 20.6 Å². The van der Waals surface area contributed by atoms with E-state index < -0.39 is 34.3 Å². The van der Waals surface area contributed by atoms with Crippen LogP contribution < -0.4 is 11.1 Å². The third kappa shape index (κ3) is 4.76. The number of aliphatic carboxylic acids is 1. The number of aryl methyl sites for hydroxylation is 1. The maximum absolute atomic E-state index is 14.3. The molecular formula is C30H27F2N7O4. The number of carboxylic acid groups (broad SMARTS) is 1. The van der Waals surface area contributed by atoms with Crippen molar-refractivity contribution in [3.63, 3.8) is 0 Å². The van der Waals surface area contributed by atoms with Crippen molar-refractivity contribution in [1.82, 2.24) is 24.7 Å². The number of carbonyl (C=O) groups is 2. The maximum Gasteiger partial charge on any atom is 0.309 e. The van der Waals surface area contributed by atoms with Crippen LogP contribution in [0.5, 0.6) is 0 Å². The minimum atomic E-state index is -1.46. The molecule has 4 N–H and O–H groups in total. The van der Waals surface area contributed by atoms with Crippen LogP contribution in [-0.4, -0.2) is 41.7 Å². The number of carbonyl (C=O) groups excluding carboxylic acids is 1. The molecule has 6 rings (SSSR count). The van der Waals surface area contributed by atoms with E-state index in [0.717, 1.165) is 0 Å². The van der Waals surface area contributed by atoms with Gasteiger partial charge in [0.1, 0.15) is 35.2 Å². The molecule has 5 aromatic rings. The fraction of sp³-hybridized carbons (Fsp3) is 0.267. The van der Waals surface area contributed by atoms with E-state index in [0.29, 0.717) is 40.7 Å². The summed E-state index contributed by atoms with van der Waals surface area (Å²) >= 11 is 0. The van der Waals surface area contributed by atoms with Crippen molar-refractivity contribution < 1.29 is 27.9 Å². The van der Waals surface area contributed by atoms with Crippen LogP contribution >= 0.6 is 0 Å². The van der Waals surface area contributed by atoms with Crippen molar-refractivity contribution >= 4 is 34.4 Å². The van der Waals surface area contributed by atoms with Gasteiger partial charge in [-0.1, -0.05) is 12.1 Å². The normalized spacial score (nSPS) is 16.4. The predicted molar refractivity (Wildman–Crippen MR) is 152 cm³/mol. The van der Waals surface area contributed by atoms with Crippen molar-refractivity contribution in [1.29, 1.82) is 0 Å². The SMILES string of the molecule is CC(C)(CCc1coc(C2(C)C(=O)Nc3nc(-c4nn(Cc5cccc(F)c5)c5cc(F)ccc45)nc(N)c32)n1)C(=O)O. The van der Waals surface area contributed by atoms with E-state index in [9.17, 15) is 23.5 Å². The second-order valence-corrected chi connectivity index (χ2v) is 11.4. The van der Waals surface area contributed by atoms with Crippen LogP contribution in [0.2, 0.25) is 0 Å². The Morgan fingerprint density at radius 1 is 1.14 bits per heavy atom. The van der Waals surface area contributed by atoms with Crippen LogP contribution in [0.4, 0.5) is 20.4 Å². The van der Waals surface area contributed by atoms with Gasteiger partial charge in [-0.2, -0.15) is 5.10 Å². The van der Waals surface area contributed by atoms with Gasteiger partial charge in [-0.25, -0.2) is 23.7 Å². The number of hydrogen-bond acceptors (Lipinski definition) is 8. The minimum absolute atomic E-state index is 0.0115. The fourth-order valence-corrected chi connectivity index (χ4v) is 5.16. The van der Waals surface area contributed by atoms with Gasteiger partial charge >= 0.3 is 5.97 Å². The number of halogens is 2. The second-order valence-electron chi connectivity index (χ2n) is 11.4. The Balaban J connectivity index is 1.38. The van der Waals surface area contributed by atoms with Crippen molar-refractivity contribution in [3.05, 3.63) is 83.1 Å². The van der Waals surface area contributed by atoms with E-state index in [2.05, 4.69) is 25.4 Å². The standard InChI is InChI=1S/C30H27F2N7O4/c1-29(2,28(41)42)10-9-18-14-43-27(34-18)30(3)21-23(33)35-25(36-24(21)37-26(30)40)22-19-8-7-17(32)12-20(19)39(38-22)13-15-5-4-6-16(31)11-15/h4-8,11-12,14H,9-10,13H2,1-3H3,(H,41,42)(H3,33,35,36,37,40). The van der Waals surface area contributed by atoms with Gasteiger partial charge in [0.25, 0.3) is 0 Å². The fourth-order valence-electron chi connectivity index (χ4n) is 5.16. The van der Waals surface area contributed by atoms with Gasteiger partial charge in [-0.3, -0.25) is 14.3 Å². The van der Waals surface area contributed by atoms with Crippen LogP contribution in [0.1, 0.15) is 49.9 Å². The molecule has 0 bridgehead atoms. The van der Waals surface area contributed by atoms with Crippen LogP contribution in [0, 0.1) is 17.0 Å². The number of carboxylic acids is 1. The molecular weight excluding hydrogens is 560 g/mol.